The molecule has 0 aliphatic carbocycles. The minimum atomic E-state index is -5.41. The van der Waals surface area contributed by atoms with Gasteiger partial charge in [0.15, 0.2) is 40.3 Å². The molecule has 21 nitrogen and oxygen atoms in total. The molecule has 0 unspecified atom stereocenters. The Morgan fingerprint density at radius 2 is 1.50 bits per heavy atom. The minimum absolute atomic E-state index is 0. The average molecular weight is 733 g/mol. The Morgan fingerprint density at radius 3 is 2.00 bits per heavy atom. The first-order valence-electron chi connectivity index (χ1n) is 11.4. The van der Waals surface area contributed by atoms with Crippen molar-refractivity contribution in [3.05, 3.63) is 36.3 Å². The first-order chi connectivity index (χ1) is 18.8. The maximum Gasteiger partial charge on any atom is 1.00 e. The van der Waals surface area contributed by atoms with Crippen LogP contribution in [-0.2, 0) is 13.9 Å². The number of nitrogens with zero attached hydrogens (tertiary/aromatic N) is 4. The zero-order valence-corrected chi connectivity index (χ0v) is 31.8. The SMILES string of the molecule is COc1cc(Nc2ncc(F)c(Nc3ccc4c(n3)N(COP(=O)([O-])[O-])C(=O)C(C)(C)O4)n2)cc(OC)c1OC.O.O.O.O.O.O.[Na+].[Na+]. The van der Waals surface area contributed by atoms with Crippen LogP contribution in [0.15, 0.2) is 30.5 Å². The first-order valence-corrected chi connectivity index (χ1v) is 12.9. The summed E-state index contributed by atoms with van der Waals surface area (Å²) in [7, 11) is -1.04. The molecular weight excluding hydrogens is 696 g/mol. The third kappa shape index (κ3) is 12.8. The number of halogens is 1. The summed E-state index contributed by atoms with van der Waals surface area (Å²) in [6.07, 6.45) is 0.920. The van der Waals surface area contributed by atoms with Gasteiger partial charge in [0.05, 0.1) is 35.3 Å². The van der Waals surface area contributed by atoms with E-state index in [4.69, 9.17) is 18.9 Å². The molecule has 2 aromatic heterocycles. The number of hydrogen-bond acceptors (Lipinski definition) is 14. The summed E-state index contributed by atoms with van der Waals surface area (Å²) >= 11 is 0. The summed E-state index contributed by atoms with van der Waals surface area (Å²) < 4.78 is 51.6. The number of rotatable bonds is 10. The fourth-order valence-electron chi connectivity index (χ4n) is 3.68. The van der Waals surface area contributed by atoms with Crippen LogP contribution in [0.3, 0.4) is 0 Å². The van der Waals surface area contributed by atoms with Crippen LogP contribution in [0.25, 0.3) is 0 Å². The number of methoxy groups -OCH3 is 3. The van der Waals surface area contributed by atoms with Gasteiger partial charge in [-0.05, 0) is 26.0 Å². The molecule has 0 saturated carbocycles. The number of carbonyl (C=O) groups excluding carboxylic acids is 1. The van der Waals surface area contributed by atoms with E-state index in [-0.39, 0.29) is 121 Å². The van der Waals surface area contributed by atoms with Crippen molar-refractivity contribution in [1.82, 2.24) is 15.0 Å². The van der Waals surface area contributed by atoms with Gasteiger partial charge in [-0.15, -0.1) is 0 Å². The Morgan fingerprint density at radius 1 is 0.938 bits per heavy atom. The van der Waals surface area contributed by atoms with Gasteiger partial charge in [-0.2, -0.15) is 4.98 Å². The summed E-state index contributed by atoms with van der Waals surface area (Å²) in [4.78, 5) is 48.1. The normalized spacial score (nSPS) is 11.8. The molecule has 1 aliphatic rings. The van der Waals surface area contributed by atoms with Gasteiger partial charge in [-0.1, -0.05) is 0 Å². The van der Waals surface area contributed by atoms with E-state index in [0.29, 0.717) is 22.9 Å². The average Bonchev–Trinajstić information content (AvgIpc) is 2.89. The number of phosphoric acid groups is 1. The Hall–Kier alpha value is -2.48. The zero-order chi connectivity index (χ0) is 29.2. The smallest absolute Gasteiger partial charge is 0.790 e. The monoisotopic (exact) mass is 732 g/mol. The van der Waals surface area contributed by atoms with E-state index >= 15 is 0 Å². The van der Waals surface area contributed by atoms with Gasteiger partial charge in [0.1, 0.15) is 12.5 Å². The van der Waals surface area contributed by atoms with Crippen LogP contribution in [0, 0.1) is 5.82 Å². The zero-order valence-electron chi connectivity index (χ0n) is 26.9. The number of carbonyl (C=O) groups is 1. The van der Waals surface area contributed by atoms with Crippen LogP contribution in [-0.4, -0.2) is 87.4 Å². The molecule has 3 aromatic rings. The Balaban J connectivity index is -0.000000770. The number of phosphoric ester groups is 1. The fraction of sp³-hybridized carbons (Fsp3) is 0.304. The number of ether oxygens (including phenoxy) is 4. The predicted octanol–water partition coefficient (Wildman–Crippen LogP) is -9.11. The standard InChI is InChI=1S/C23H26FN6O9P.2Na.6H2O/c1-23(2)21(31)30(11-38-40(32,33)34)20-14(39-23)6-7-17(28-20)27-19-13(24)10-25-22(29-19)26-12-8-15(35-3)18(37-5)16(9-12)36-4;;;;;;;;/h6-10H,11H2,1-5H3,(H2,32,33,34)(H2,25,26,27,28,29);;;6*1H2/q;2*+1;;;;;;/p-2. The van der Waals surface area contributed by atoms with Crippen LogP contribution < -0.4 is 103 Å². The molecule has 0 atom stereocenters. The molecule has 4 rings (SSSR count). The topological polar surface area (TPSA) is 381 Å². The Bertz CT molecular complexity index is 1480. The summed E-state index contributed by atoms with van der Waals surface area (Å²) in [5, 5.41) is 5.60. The van der Waals surface area contributed by atoms with Crippen molar-refractivity contribution in [1.29, 1.82) is 0 Å². The van der Waals surface area contributed by atoms with E-state index in [0.717, 1.165) is 11.1 Å². The van der Waals surface area contributed by atoms with Crippen molar-refractivity contribution in [2.45, 2.75) is 19.4 Å². The maximum absolute atomic E-state index is 14.7. The second kappa shape index (κ2) is 22.3. The largest absolute Gasteiger partial charge is 1.00 e. The molecule has 25 heteroatoms. The van der Waals surface area contributed by atoms with Crippen LogP contribution in [0.4, 0.5) is 33.5 Å². The van der Waals surface area contributed by atoms with Crippen LogP contribution >= 0.6 is 7.82 Å². The molecule has 0 bridgehead atoms. The van der Waals surface area contributed by atoms with Gasteiger partial charge in [0.2, 0.25) is 11.7 Å². The van der Waals surface area contributed by atoms with Gasteiger partial charge >= 0.3 is 59.1 Å². The quantitative estimate of drug-likeness (QED) is 0.144. The third-order valence-corrected chi connectivity index (χ3v) is 5.91. The number of nitrogens with one attached hydrogen (secondary N) is 2. The van der Waals surface area contributed by atoms with Crippen LogP contribution in [0.2, 0.25) is 0 Å². The van der Waals surface area contributed by atoms with Crippen molar-refractivity contribution < 1.29 is 139 Å². The fourth-order valence-corrected chi connectivity index (χ4v) is 3.94. The predicted molar refractivity (Wildman–Crippen MR) is 156 cm³/mol. The van der Waals surface area contributed by atoms with Crippen molar-refractivity contribution in [2.75, 3.05) is 43.6 Å². The summed E-state index contributed by atoms with van der Waals surface area (Å²) in [5.41, 5.74) is -0.962. The van der Waals surface area contributed by atoms with Crippen molar-refractivity contribution in [2.24, 2.45) is 0 Å². The number of benzene rings is 1. The Labute approximate surface area is 317 Å². The van der Waals surface area contributed by atoms with E-state index in [9.17, 15) is 23.5 Å². The molecule has 1 aliphatic heterocycles. The number of aromatic nitrogens is 3. The van der Waals surface area contributed by atoms with Gasteiger partial charge in [-0.25, -0.2) is 14.4 Å². The number of amides is 1. The van der Waals surface area contributed by atoms with E-state index in [2.05, 4.69) is 30.1 Å². The third-order valence-electron chi connectivity index (χ3n) is 5.48. The summed E-state index contributed by atoms with van der Waals surface area (Å²) in [6.45, 7) is 1.97. The maximum atomic E-state index is 14.7. The summed E-state index contributed by atoms with van der Waals surface area (Å²) in [5.74, 6) is -0.806. The molecule has 0 fully saturated rings. The Kier molecular flexibility index (Phi) is 25.5. The van der Waals surface area contributed by atoms with Crippen molar-refractivity contribution in [3.63, 3.8) is 0 Å². The van der Waals surface area contributed by atoms with Crippen molar-refractivity contribution >= 4 is 42.8 Å². The minimum Gasteiger partial charge on any atom is -0.790 e. The van der Waals surface area contributed by atoms with E-state index in [1.165, 1.54) is 47.3 Å². The van der Waals surface area contributed by atoms with E-state index in [1.54, 1.807) is 12.1 Å². The molecule has 0 saturated heterocycles. The van der Waals surface area contributed by atoms with Gasteiger partial charge in [-0.3, -0.25) is 9.69 Å². The van der Waals surface area contributed by atoms with E-state index in [1.807, 2.05) is 0 Å². The number of anilines is 5. The number of fused-ring (bicyclic) bond motifs is 1. The molecular formula is C23H36FN6Na2O15P. The van der Waals surface area contributed by atoms with Gasteiger partial charge < -0.3 is 81.3 Å². The van der Waals surface area contributed by atoms with Gasteiger partial charge in [0, 0.05) is 17.8 Å². The second-order valence-electron chi connectivity index (χ2n) is 8.62. The molecule has 3 heterocycles. The summed E-state index contributed by atoms with van der Waals surface area (Å²) in [6, 6.07) is 6.05. The molecule has 14 N–H and O–H groups in total. The molecule has 1 amide bonds. The van der Waals surface area contributed by atoms with Gasteiger partial charge in [0.25, 0.3) is 5.91 Å². The van der Waals surface area contributed by atoms with Crippen LogP contribution in [0.5, 0.6) is 23.0 Å². The molecule has 0 radical (unpaired) electrons. The molecule has 1 aromatic carbocycles. The first kappa shape index (κ1) is 55.0. The number of pyridine rings is 1. The second-order valence-corrected chi connectivity index (χ2v) is 9.78. The van der Waals surface area contributed by atoms with E-state index < -0.39 is 31.9 Å². The van der Waals surface area contributed by atoms with Crippen molar-refractivity contribution in [3.8, 4) is 23.0 Å². The molecule has 0 spiro atoms. The molecule has 262 valence electrons. The number of hydrogen-bond donors (Lipinski definition) is 2. The van der Waals surface area contributed by atoms with Crippen LogP contribution in [0.1, 0.15) is 13.8 Å². The molecule has 48 heavy (non-hydrogen) atoms.